The average molecular weight is 236 g/mol. The number of nitrogens with two attached hydrogens (primary N) is 1. The number of aliphatic hydroxyl groups excluding tert-OH is 1. The van der Waals surface area contributed by atoms with Gasteiger partial charge < -0.3 is 26.3 Å². The summed E-state index contributed by atoms with van der Waals surface area (Å²) in [7, 11) is 0. The number of hydrogen-bond donors (Lipinski definition) is 5. The van der Waals surface area contributed by atoms with Gasteiger partial charge in [-0.1, -0.05) is 0 Å². The van der Waals surface area contributed by atoms with Crippen LogP contribution in [0.5, 0.6) is 0 Å². The molecule has 8 heteroatoms. The number of nitrogens with zero attached hydrogens (tertiary/aromatic N) is 1. The van der Waals surface area contributed by atoms with Crippen LogP contribution in [0.1, 0.15) is 12.8 Å². The van der Waals surface area contributed by atoms with E-state index in [1.54, 1.807) is 0 Å². The molecule has 0 spiro atoms. The van der Waals surface area contributed by atoms with Crippen LogP contribution < -0.4 is 5.73 Å². The zero-order chi connectivity index (χ0) is 12.7. The SMILES string of the molecule is NC(CO)C(=O)O.O=C(O)C1CCCN1O. The molecule has 1 heterocycles. The molecule has 0 saturated carbocycles. The van der Waals surface area contributed by atoms with Crippen LogP contribution in [0.3, 0.4) is 0 Å². The van der Waals surface area contributed by atoms with Gasteiger partial charge in [0.05, 0.1) is 6.61 Å². The Balaban J connectivity index is 0.000000293. The van der Waals surface area contributed by atoms with Gasteiger partial charge in [-0.2, -0.15) is 5.06 Å². The first kappa shape index (κ1) is 14.8. The lowest BCUT2D eigenvalue weighted by Gasteiger charge is -2.11. The van der Waals surface area contributed by atoms with Crippen molar-refractivity contribution in [3.8, 4) is 0 Å². The van der Waals surface area contributed by atoms with Crippen molar-refractivity contribution in [3.63, 3.8) is 0 Å². The number of rotatable bonds is 3. The van der Waals surface area contributed by atoms with Gasteiger partial charge in [-0.25, -0.2) is 0 Å². The number of hydrogen-bond acceptors (Lipinski definition) is 6. The van der Waals surface area contributed by atoms with E-state index in [0.717, 1.165) is 11.5 Å². The van der Waals surface area contributed by atoms with Crippen molar-refractivity contribution < 1.29 is 30.1 Å². The van der Waals surface area contributed by atoms with Crippen LogP contribution in [0.2, 0.25) is 0 Å². The molecule has 0 amide bonds. The van der Waals surface area contributed by atoms with Gasteiger partial charge in [0.15, 0.2) is 0 Å². The highest BCUT2D eigenvalue weighted by Crippen LogP contribution is 2.13. The van der Waals surface area contributed by atoms with Crippen molar-refractivity contribution in [1.29, 1.82) is 0 Å². The molecule has 0 aromatic heterocycles. The fourth-order valence-corrected chi connectivity index (χ4v) is 1.08. The Morgan fingerprint density at radius 1 is 1.44 bits per heavy atom. The molecule has 1 fully saturated rings. The molecule has 0 aromatic rings. The highest BCUT2D eigenvalue weighted by molar-refractivity contribution is 5.73. The van der Waals surface area contributed by atoms with E-state index < -0.39 is 30.6 Å². The van der Waals surface area contributed by atoms with Gasteiger partial charge in [0.25, 0.3) is 0 Å². The van der Waals surface area contributed by atoms with Gasteiger partial charge >= 0.3 is 11.9 Å². The van der Waals surface area contributed by atoms with Crippen LogP contribution in [0, 0.1) is 0 Å². The molecule has 8 nitrogen and oxygen atoms in total. The van der Waals surface area contributed by atoms with Crippen molar-refractivity contribution in [2.75, 3.05) is 13.2 Å². The maximum absolute atomic E-state index is 10.2. The van der Waals surface area contributed by atoms with E-state index in [1.807, 2.05) is 0 Å². The first-order valence-corrected chi connectivity index (χ1v) is 4.67. The standard InChI is InChI=1S/C5H9NO3.C3H7NO3/c7-5(8)4-2-1-3-6(4)9;4-2(1-5)3(6)7/h4,9H,1-3H2,(H,7,8);2,5H,1,4H2,(H,6,7). The van der Waals surface area contributed by atoms with Crippen molar-refractivity contribution in [2.45, 2.75) is 24.9 Å². The van der Waals surface area contributed by atoms with Gasteiger partial charge in [-0.3, -0.25) is 9.59 Å². The highest BCUT2D eigenvalue weighted by atomic mass is 16.5. The quantitative estimate of drug-likeness (QED) is 0.390. The number of carboxylic acid groups (broad SMARTS) is 2. The monoisotopic (exact) mass is 236 g/mol. The lowest BCUT2D eigenvalue weighted by Crippen LogP contribution is -2.33. The minimum atomic E-state index is -1.18. The predicted octanol–water partition coefficient (Wildman–Crippen LogP) is -1.68. The first-order chi connectivity index (χ1) is 7.40. The maximum atomic E-state index is 10.2. The fourth-order valence-electron chi connectivity index (χ4n) is 1.08. The van der Waals surface area contributed by atoms with Crippen molar-refractivity contribution >= 4 is 11.9 Å². The molecule has 0 radical (unpaired) electrons. The Morgan fingerprint density at radius 3 is 2.12 bits per heavy atom. The van der Waals surface area contributed by atoms with Crippen LogP contribution >= 0.6 is 0 Å². The number of aliphatic carboxylic acids is 2. The summed E-state index contributed by atoms with van der Waals surface area (Å²) in [5.74, 6) is -2.11. The molecule has 0 aliphatic carbocycles. The number of aliphatic hydroxyl groups is 1. The normalized spacial score (nSPS) is 22.1. The van der Waals surface area contributed by atoms with E-state index in [2.05, 4.69) is 0 Å². The molecule has 1 aliphatic heterocycles. The molecule has 1 aliphatic rings. The van der Waals surface area contributed by atoms with E-state index in [1.165, 1.54) is 0 Å². The smallest absolute Gasteiger partial charge is 0.323 e. The third kappa shape index (κ3) is 5.03. The summed E-state index contributed by atoms with van der Waals surface area (Å²) in [6.07, 6.45) is 1.33. The third-order valence-electron chi connectivity index (χ3n) is 2.02. The van der Waals surface area contributed by atoms with Crippen LogP contribution in [0.25, 0.3) is 0 Å². The highest BCUT2D eigenvalue weighted by Gasteiger charge is 2.28. The van der Waals surface area contributed by atoms with E-state index in [9.17, 15) is 9.59 Å². The molecule has 94 valence electrons. The second kappa shape index (κ2) is 7.12. The molecule has 1 rings (SSSR count). The summed E-state index contributed by atoms with van der Waals surface area (Å²) in [5.41, 5.74) is 4.77. The molecule has 2 unspecified atom stereocenters. The molecule has 6 N–H and O–H groups in total. The average Bonchev–Trinajstić information content (AvgIpc) is 2.64. The fraction of sp³-hybridized carbons (Fsp3) is 0.750. The van der Waals surface area contributed by atoms with Crippen LogP contribution in [0.4, 0.5) is 0 Å². The Morgan fingerprint density at radius 2 is 2.00 bits per heavy atom. The number of hydroxylamine groups is 2. The van der Waals surface area contributed by atoms with Crippen LogP contribution in [-0.2, 0) is 9.59 Å². The van der Waals surface area contributed by atoms with Crippen molar-refractivity contribution in [2.24, 2.45) is 5.73 Å². The number of carbonyl (C=O) groups is 2. The summed E-state index contributed by atoms with van der Waals surface area (Å²) < 4.78 is 0. The third-order valence-corrected chi connectivity index (χ3v) is 2.02. The van der Waals surface area contributed by atoms with E-state index in [4.69, 9.17) is 26.3 Å². The summed E-state index contributed by atoms with van der Waals surface area (Å²) in [6, 6.07) is -1.79. The summed E-state index contributed by atoms with van der Waals surface area (Å²) in [4.78, 5) is 19.9. The van der Waals surface area contributed by atoms with Gasteiger partial charge in [0, 0.05) is 6.54 Å². The molecular weight excluding hydrogens is 220 g/mol. The van der Waals surface area contributed by atoms with Crippen LogP contribution in [0.15, 0.2) is 0 Å². The zero-order valence-corrected chi connectivity index (χ0v) is 8.61. The first-order valence-electron chi connectivity index (χ1n) is 4.67. The Kier molecular flexibility index (Phi) is 6.58. The van der Waals surface area contributed by atoms with E-state index in [-0.39, 0.29) is 0 Å². The lowest BCUT2D eigenvalue weighted by molar-refractivity contribution is -0.161. The molecule has 0 bridgehead atoms. The maximum Gasteiger partial charge on any atom is 0.323 e. The van der Waals surface area contributed by atoms with Gasteiger partial charge in [-0.15, -0.1) is 0 Å². The lowest BCUT2D eigenvalue weighted by atomic mass is 10.2. The minimum absolute atomic E-state index is 0.483. The second-order valence-electron chi connectivity index (χ2n) is 3.29. The molecular formula is C8H16N2O6. The number of carboxylic acids is 2. The van der Waals surface area contributed by atoms with Crippen molar-refractivity contribution in [3.05, 3.63) is 0 Å². The van der Waals surface area contributed by atoms with Crippen molar-refractivity contribution in [1.82, 2.24) is 5.06 Å². The molecule has 2 atom stereocenters. The predicted molar refractivity (Wildman–Crippen MR) is 51.8 cm³/mol. The zero-order valence-electron chi connectivity index (χ0n) is 8.61. The van der Waals surface area contributed by atoms with Crippen LogP contribution in [-0.4, -0.2) is 62.8 Å². The van der Waals surface area contributed by atoms with E-state index >= 15 is 0 Å². The summed E-state index contributed by atoms with van der Waals surface area (Å²) in [6.45, 7) is -0.0215. The largest absolute Gasteiger partial charge is 0.480 e. The molecule has 0 aromatic carbocycles. The van der Waals surface area contributed by atoms with Gasteiger partial charge in [0.2, 0.25) is 0 Å². The molecule has 1 saturated heterocycles. The Labute approximate surface area is 91.8 Å². The second-order valence-corrected chi connectivity index (χ2v) is 3.29. The topological polar surface area (TPSA) is 144 Å². The van der Waals surface area contributed by atoms with Gasteiger partial charge in [-0.05, 0) is 12.8 Å². The summed E-state index contributed by atoms with van der Waals surface area (Å²) in [5, 5.41) is 34.0. The molecule has 16 heavy (non-hydrogen) atoms. The summed E-state index contributed by atoms with van der Waals surface area (Å²) >= 11 is 0. The Bertz CT molecular complexity index is 247. The van der Waals surface area contributed by atoms with Gasteiger partial charge in [0.1, 0.15) is 12.1 Å². The van der Waals surface area contributed by atoms with E-state index in [0.29, 0.717) is 13.0 Å². The Hall–Kier alpha value is -1.22. The minimum Gasteiger partial charge on any atom is -0.480 e.